The fourth-order valence-corrected chi connectivity index (χ4v) is 2.47. The summed E-state index contributed by atoms with van der Waals surface area (Å²) in [5.74, 6) is -0.225. The number of nitrogens with one attached hydrogen (secondary N) is 1. The molecule has 2 aromatic rings. The second kappa shape index (κ2) is 4.45. The predicted molar refractivity (Wildman–Crippen MR) is 64.5 cm³/mol. The molecule has 1 saturated heterocycles. The molecule has 3 heterocycles. The minimum absolute atomic E-state index is 0.225. The highest BCUT2D eigenvalue weighted by atomic mass is 19.1. The lowest BCUT2D eigenvalue weighted by Gasteiger charge is -2.22. The largest absolute Gasteiger partial charge is 0.314 e. The van der Waals surface area contributed by atoms with Crippen LogP contribution < -0.4 is 5.32 Å². The van der Waals surface area contributed by atoms with Gasteiger partial charge in [-0.15, -0.1) is 0 Å². The summed E-state index contributed by atoms with van der Waals surface area (Å²) in [6.07, 6.45) is 8.10. The molecule has 4 heteroatoms. The van der Waals surface area contributed by atoms with Crippen molar-refractivity contribution in [3.8, 4) is 0 Å². The van der Waals surface area contributed by atoms with Crippen LogP contribution in [0.15, 0.2) is 24.5 Å². The van der Waals surface area contributed by atoms with Gasteiger partial charge in [0.25, 0.3) is 0 Å². The fourth-order valence-electron chi connectivity index (χ4n) is 2.47. The molecule has 1 atom stereocenters. The van der Waals surface area contributed by atoms with Crippen LogP contribution in [0.3, 0.4) is 0 Å². The molecule has 1 aliphatic rings. The molecule has 1 unspecified atom stereocenters. The molecule has 0 bridgehead atoms. The van der Waals surface area contributed by atoms with Crippen molar-refractivity contribution < 1.29 is 4.39 Å². The van der Waals surface area contributed by atoms with Crippen LogP contribution in [0.2, 0.25) is 0 Å². The van der Waals surface area contributed by atoms with E-state index < -0.39 is 0 Å². The third kappa shape index (κ3) is 2.31. The van der Waals surface area contributed by atoms with Crippen molar-refractivity contribution in [2.75, 3.05) is 6.54 Å². The number of hydrogen-bond donors (Lipinski definition) is 1. The van der Waals surface area contributed by atoms with E-state index >= 15 is 0 Å². The lowest BCUT2D eigenvalue weighted by Crippen LogP contribution is -2.35. The standard InChI is InChI=1S/C13H16FN3/c14-10-4-5-13-16-12(9-17(13)8-10)7-11-3-1-2-6-15-11/h4-5,8-9,11,15H,1-3,6-7H2. The Hall–Kier alpha value is -1.42. The van der Waals surface area contributed by atoms with E-state index in [1.54, 1.807) is 10.5 Å². The first-order valence-corrected chi connectivity index (χ1v) is 6.18. The van der Waals surface area contributed by atoms with E-state index in [0.717, 1.165) is 24.3 Å². The van der Waals surface area contributed by atoms with Crippen molar-refractivity contribution in [3.63, 3.8) is 0 Å². The number of nitrogens with zero attached hydrogens (tertiary/aromatic N) is 2. The van der Waals surface area contributed by atoms with Gasteiger partial charge in [0.15, 0.2) is 0 Å². The summed E-state index contributed by atoms with van der Waals surface area (Å²) < 4.78 is 14.8. The molecule has 3 rings (SSSR count). The van der Waals surface area contributed by atoms with Crippen molar-refractivity contribution >= 4 is 5.65 Å². The Morgan fingerprint density at radius 2 is 2.29 bits per heavy atom. The van der Waals surface area contributed by atoms with Crippen LogP contribution in [0.5, 0.6) is 0 Å². The van der Waals surface area contributed by atoms with Crippen LogP contribution >= 0.6 is 0 Å². The molecule has 90 valence electrons. The van der Waals surface area contributed by atoms with Gasteiger partial charge in [-0.2, -0.15) is 0 Å². The predicted octanol–water partition coefficient (Wildman–Crippen LogP) is 2.16. The summed E-state index contributed by atoms with van der Waals surface area (Å²) in [7, 11) is 0. The molecular formula is C13H16FN3. The van der Waals surface area contributed by atoms with E-state index in [-0.39, 0.29) is 5.82 Å². The van der Waals surface area contributed by atoms with Gasteiger partial charge in [-0.05, 0) is 31.5 Å². The molecule has 0 aromatic carbocycles. The van der Waals surface area contributed by atoms with Gasteiger partial charge in [-0.25, -0.2) is 9.37 Å². The Morgan fingerprint density at radius 3 is 3.12 bits per heavy atom. The van der Waals surface area contributed by atoms with Gasteiger partial charge in [-0.1, -0.05) is 6.42 Å². The molecule has 1 aliphatic heterocycles. The second-order valence-corrected chi connectivity index (χ2v) is 4.70. The van der Waals surface area contributed by atoms with Gasteiger partial charge < -0.3 is 9.72 Å². The Morgan fingerprint density at radius 1 is 1.35 bits per heavy atom. The molecule has 0 amide bonds. The van der Waals surface area contributed by atoms with Gasteiger partial charge >= 0.3 is 0 Å². The van der Waals surface area contributed by atoms with E-state index in [4.69, 9.17) is 0 Å². The Bertz CT molecular complexity index is 514. The normalized spacial score (nSPS) is 20.9. The first-order valence-electron chi connectivity index (χ1n) is 6.18. The van der Waals surface area contributed by atoms with Crippen LogP contribution in [-0.2, 0) is 6.42 Å². The lowest BCUT2D eigenvalue weighted by molar-refractivity contribution is 0.397. The maximum atomic E-state index is 13.0. The summed E-state index contributed by atoms with van der Waals surface area (Å²) in [5.41, 5.74) is 1.85. The number of hydrogen-bond acceptors (Lipinski definition) is 2. The molecule has 0 aliphatic carbocycles. The van der Waals surface area contributed by atoms with Crippen LogP contribution in [-0.4, -0.2) is 22.0 Å². The molecule has 0 saturated carbocycles. The van der Waals surface area contributed by atoms with Crippen molar-refractivity contribution in [2.45, 2.75) is 31.7 Å². The first kappa shape index (κ1) is 10.7. The molecule has 1 N–H and O–H groups in total. The topological polar surface area (TPSA) is 29.3 Å². The van der Waals surface area contributed by atoms with E-state index in [9.17, 15) is 4.39 Å². The highest BCUT2D eigenvalue weighted by Crippen LogP contribution is 2.13. The minimum atomic E-state index is -0.225. The quantitative estimate of drug-likeness (QED) is 0.861. The third-order valence-electron chi connectivity index (χ3n) is 3.33. The van der Waals surface area contributed by atoms with Crippen LogP contribution in [0.1, 0.15) is 25.0 Å². The van der Waals surface area contributed by atoms with Gasteiger partial charge in [0.05, 0.1) is 5.69 Å². The zero-order valence-electron chi connectivity index (χ0n) is 9.69. The summed E-state index contributed by atoms with van der Waals surface area (Å²) in [5, 5.41) is 3.50. The Kier molecular flexibility index (Phi) is 2.81. The van der Waals surface area contributed by atoms with Crippen molar-refractivity contribution in [1.29, 1.82) is 0 Å². The zero-order chi connectivity index (χ0) is 11.7. The van der Waals surface area contributed by atoms with E-state index in [0.29, 0.717) is 6.04 Å². The number of fused-ring (bicyclic) bond motifs is 1. The average molecular weight is 233 g/mol. The molecule has 0 radical (unpaired) electrons. The monoisotopic (exact) mass is 233 g/mol. The number of piperidine rings is 1. The highest BCUT2D eigenvalue weighted by molar-refractivity contribution is 5.39. The number of imidazole rings is 1. The van der Waals surface area contributed by atoms with E-state index in [1.165, 1.54) is 31.5 Å². The SMILES string of the molecule is Fc1ccc2nc(CC3CCCCN3)cn2c1. The maximum Gasteiger partial charge on any atom is 0.139 e. The van der Waals surface area contributed by atoms with Crippen LogP contribution in [0.4, 0.5) is 4.39 Å². The van der Waals surface area contributed by atoms with E-state index in [1.807, 2.05) is 6.20 Å². The van der Waals surface area contributed by atoms with Gasteiger partial charge in [0.1, 0.15) is 11.5 Å². The smallest absolute Gasteiger partial charge is 0.139 e. The van der Waals surface area contributed by atoms with Gasteiger partial charge in [0.2, 0.25) is 0 Å². The van der Waals surface area contributed by atoms with Gasteiger partial charge in [-0.3, -0.25) is 0 Å². The van der Waals surface area contributed by atoms with Crippen molar-refractivity contribution in [2.24, 2.45) is 0 Å². The fraction of sp³-hybridized carbons (Fsp3) is 0.462. The molecule has 17 heavy (non-hydrogen) atoms. The van der Waals surface area contributed by atoms with Crippen LogP contribution in [0.25, 0.3) is 5.65 Å². The number of halogens is 1. The zero-order valence-corrected chi connectivity index (χ0v) is 9.69. The van der Waals surface area contributed by atoms with Gasteiger partial charge in [0, 0.05) is 24.9 Å². The Balaban J connectivity index is 1.80. The summed E-state index contributed by atoms with van der Waals surface area (Å²) >= 11 is 0. The van der Waals surface area contributed by atoms with Crippen molar-refractivity contribution in [1.82, 2.24) is 14.7 Å². The van der Waals surface area contributed by atoms with Crippen molar-refractivity contribution in [3.05, 3.63) is 36.0 Å². The number of aromatic nitrogens is 2. The molecule has 1 fully saturated rings. The number of rotatable bonds is 2. The molecule has 2 aromatic heterocycles. The summed E-state index contributed by atoms with van der Waals surface area (Å²) in [6, 6.07) is 3.69. The summed E-state index contributed by atoms with van der Waals surface area (Å²) in [6.45, 7) is 1.10. The average Bonchev–Trinajstić information content (AvgIpc) is 2.71. The minimum Gasteiger partial charge on any atom is -0.314 e. The van der Waals surface area contributed by atoms with E-state index in [2.05, 4.69) is 10.3 Å². The number of pyridine rings is 1. The lowest BCUT2D eigenvalue weighted by atomic mass is 10.0. The molecule has 3 nitrogen and oxygen atoms in total. The highest BCUT2D eigenvalue weighted by Gasteiger charge is 2.14. The van der Waals surface area contributed by atoms with Crippen LogP contribution in [0, 0.1) is 5.82 Å². The first-order chi connectivity index (χ1) is 8.31. The third-order valence-corrected chi connectivity index (χ3v) is 3.33. The Labute approximate surface area is 99.7 Å². The summed E-state index contributed by atoms with van der Waals surface area (Å²) in [4.78, 5) is 4.50. The maximum absolute atomic E-state index is 13.0. The second-order valence-electron chi connectivity index (χ2n) is 4.70. The molecular weight excluding hydrogens is 217 g/mol. The molecule has 0 spiro atoms.